The molecule has 4 rings (SSSR count). The van der Waals surface area contributed by atoms with E-state index in [2.05, 4.69) is 26.3 Å². The highest BCUT2D eigenvalue weighted by Gasteiger charge is 2.20. The van der Waals surface area contributed by atoms with Crippen LogP contribution < -0.4 is 10.2 Å². The Morgan fingerprint density at radius 3 is 2.72 bits per heavy atom. The Hall–Kier alpha value is -3.35. The Kier molecular flexibility index (Phi) is 5.46. The van der Waals surface area contributed by atoms with Crippen molar-refractivity contribution in [3.63, 3.8) is 0 Å². The summed E-state index contributed by atoms with van der Waals surface area (Å²) in [6.07, 6.45) is 4.43. The molecule has 1 fully saturated rings. The lowest BCUT2D eigenvalue weighted by Gasteiger charge is -2.35. The minimum absolute atomic E-state index is 0.0981. The van der Waals surface area contributed by atoms with Crippen LogP contribution in [0.15, 0.2) is 48.8 Å². The lowest BCUT2D eigenvalue weighted by atomic mass is 10.1. The van der Waals surface area contributed by atoms with Gasteiger partial charge in [0, 0.05) is 68.5 Å². The van der Waals surface area contributed by atoms with Crippen LogP contribution in [0.4, 0.5) is 5.82 Å². The molecule has 0 spiro atoms. The summed E-state index contributed by atoms with van der Waals surface area (Å²) in [4.78, 5) is 35.7. The lowest BCUT2D eigenvalue weighted by molar-refractivity contribution is -0.129. The summed E-state index contributed by atoms with van der Waals surface area (Å²) < 4.78 is 0. The fourth-order valence-electron chi connectivity index (χ4n) is 3.73. The molecular formula is C22H25N5O2. The second-order valence-corrected chi connectivity index (χ2v) is 7.26. The second kappa shape index (κ2) is 8.34. The summed E-state index contributed by atoms with van der Waals surface area (Å²) >= 11 is 0. The molecule has 0 saturated carbocycles. The van der Waals surface area contributed by atoms with Gasteiger partial charge in [0.1, 0.15) is 5.82 Å². The number of amides is 2. The maximum Gasteiger partial charge on any atom is 0.251 e. The van der Waals surface area contributed by atoms with Crippen molar-refractivity contribution in [3.8, 4) is 0 Å². The predicted octanol–water partition coefficient (Wildman–Crippen LogP) is 2.20. The number of pyridine rings is 1. The van der Waals surface area contributed by atoms with Crippen LogP contribution in [0.3, 0.4) is 0 Å². The van der Waals surface area contributed by atoms with E-state index in [1.165, 1.54) is 10.9 Å². The quantitative estimate of drug-likeness (QED) is 0.699. The van der Waals surface area contributed by atoms with E-state index >= 15 is 0 Å². The Bertz CT molecular complexity index is 1020. The third-order valence-corrected chi connectivity index (χ3v) is 5.41. The number of nitrogens with zero attached hydrogens (tertiary/aromatic N) is 3. The molecule has 2 N–H and O–H groups in total. The highest BCUT2D eigenvalue weighted by molar-refractivity contribution is 5.94. The van der Waals surface area contributed by atoms with Crippen molar-refractivity contribution in [2.45, 2.75) is 13.3 Å². The molecule has 29 heavy (non-hydrogen) atoms. The fourth-order valence-corrected chi connectivity index (χ4v) is 3.73. The smallest absolute Gasteiger partial charge is 0.251 e. The van der Waals surface area contributed by atoms with Gasteiger partial charge in [0.25, 0.3) is 5.91 Å². The zero-order valence-electron chi connectivity index (χ0n) is 16.5. The van der Waals surface area contributed by atoms with Crippen LogP contribution >= 0.6 is 0 Å². The predicted molar refractivity (Wildman–Crippen MR) is 113 cm³/mol. The maximum absolute atomic E-state index is 12.6. The molecule has 0 atom stereocenters. The SMILES string of the molecule is CC(=O)N1CCN(c2cc(C(=O)NCCc3c[nH]c4ccccc34)ccn2)CC1. The van der Waals surface area contributed by atoms with Crippen LogP contribution in [0.5, 0.6) is 0 Å². The number of hydrogen-bond donors (Lipinski definition) is 2. The topological polar surface area (TPSA) is 81.3 Å². The number of piperazine rings is 1. The van der Waals surface area contributed by atoms with E-state index < -0.39 is 0 Å². The third-order valence-electron chi connectivity index (χ3n) is 5.41. The van der Waals surface area contributed by atoms with Crippen molar-refractivity contribution in [3.05, 3.63) is 59.9 Å². The fraction of sp³-hybridized carbons (Fsp3) is 0.318. The number of H-pyrrole nitrogens is 1. The number of rotatable bonds is 5. The van der Waals surface area contributed by atoms with Gasteiger partial charge in [-0.25, -0.2) is 4.98 Å². The highest BCUT2D eigenvalue weighted by Crippen LogP contribution is 2.18. The number of para-hydroxylation sites is 1. The number of anilines is 1. The van der Waals surface area contributed by atoms with Crippen molar-refractivity contribution in [2.24, 2.45) is 0 Å². The molecule has 150 valence electrons. The Morgan fingerprint density at radius 2 is 1.93 bits per heavy atom. The summed E-state index contributed by atoms with van der Waals surface area (Å²) in [5.74, 6) is 0.772. The molecule has 1 aliphatic rings. The van der Waals surface area contributed by atoms with Gasteiger partial charge in [0.05, 0.1) is 0 Å². The molecule has 7 heteroatoms. The molecule has 1 aliphatic heterocycles. The van der Waals surface area contributed by atoms with Gasteiger partial charge in [-0.15, -0.1) is 0 Å². The number of aromatic nitrogens is 2. The van der Waals surface area contributed by atoms with E-state index in [4.69, 9.17) is 0 Å². The molecule has 1 saturated heterocycles. The summed E-state index contributed by atoms with van der Waals surface area (Å²) in [5, 5.41) is 4.19. The number of fused-ring (bicyclic) bond motifs is 1. The number of aromatic amines is 1. The molecule has 1 aromatic carbocycles. The molecular weight excluding hydrogens is 366 g/mol. The molecule has 0 bridgehead atoms. The first-order valence-corrected chi connectivity index (χ1v) is 9.91. The summed E-state index contributed by atoms with van der Waals surface area (Å²) in [5.41, 5.74) is 2.90. The molecule has 2 amide bonds. The Labute approximate surface area is 169 Å². The van der Waals surface area contributed by atoms with Crippen molar-refractivity contribution < 1.29 is 9.59 Å². The van der Waals surface area contributed by atoms with Gasteiger partial charge in [-0.1, -0.05) is 18.2 Å². The maximum atomic E-state index is 12.6. The summed E-state index contributed by atoms with van der Waals surface area (Å²) in [6.45, 7) is 4.96. The zero-order chi connectivity index (χ0) is 20.2. The van der Waals surface area contributed by atoms with Gasteiger partial charge >= 0.3 is 0 Å². The standard InChI is InChI=1S/C22H25N5O2/c1-16(28)26-10-12-27(13-11-26)21-14-17(6-8-23-21)22(29)24-9-7-18-15-25-20-5-3-2-4-19(18)20/h2-6,8,14-15,25H,7,9-13H2,1H3,(H,24,29). The van der Waals surface area contributed by atoms with Gasteiger partial charge in [0.2, 0.25) is 5.91 Å². The molecule has 3 aromatic rings. The first-order chi connectivity index (χ1) is 14.1. The van der Waals surface area contributed by atoms with E-state index in [0.29, 0.717) is 25.2 Å². The van der Waals surface area contributed by atoms with Crippen molar-refractivity contribution >= 4 is 28.5 Å². The van der Waals surface area contributed by atoms with E-state index in [1.807, 2.05) is 35.4 Å². The van der Waals surface area contributed by atoms with Gasteiger partial charge in [0.15, 0.2) is 0 Å². The lowest BCUT2D eigenvalue weighted by Crippen LogP contribution is -2.48. The van der Waals surface area contributed by atoms with Crippen LogP contribution in [0, 0.1) is 0 Å². The van der Waals surface area contributed by atoms with E-state index in [1.54, 1.807) is 19.2 Å². The molecule has 0 radical (unpaired) electrons. The minimum atomic E-state index is -0.101. The van der Waals surface area contributed by atoms with Crippen LogP contribution in [-0.2, 0) is 11.2 Å². The summed E-state index contributed by atoms with van der Waals surface area (Å²) in [6, 6.07) is 11.7. The molecule has 0 unspecified atom stereocenters. The molecule has 0 aliphatic carbocycles. The third kappa shape index (κ3) is 4.23. The van der Waals surface area contributed by atoms with E-state index in [0.717, 1.165) is 30.8 Å². The van der Waals surface area contributed by atoms with Gasteiger partial charge in [-0.05, 0) is 30.2 Å². The number of nitrogens with one attached hydrogen (secondary N) is 2. The van der Waals surface area contributed by atoms with Crippen molar-refractivity contribution in [2.75, 3.05) is 37.6 Å². The summed E-state index contributed by atoms with van der Waals surface area (Å²) in [7, 11) is 0. The molecule has 2 aromatic heterocycles. The Morgan fingerprint density at radius 1 is 1.14 bits per heavy atom. The number of benzene rings is 1. The average molecular weight is 391 g/mol. The average Bonchev–Trinajstić information content (AvgIpc) is 3.17. The number of hydrogen-bond acceptors (Lipinski definition) is 4. The van der Waals surface area contributed by atoms with Gasteiger partial charge in [-0.3, -0.25) is 9.59 Å². The first kappa shape index (κ1) is 19.0. The van der Waals surface area contributed by atoms with Gasteiger partial charge in [-0.2, -0.15) is 0 Å². The van der Waals surface area contributed by atoms with Crippen LogP contribution in [0.25, 0.3) is 10.9 Å². The zero-order valence-corrected chi connectivity index (χ0v) is 16.5. The van der Waals surface area contributed by atoms with Crippen LogP contribution in [0.2, 0.25) is 0 Å². The van der Waals surface area contributed by atoms with E-state index in [-0.39, 0.29) is 11.8 Å². The number of carbonyl (C=O) groups excluding carboxylic acids is 2. The normalized spacial score (nSPS) is 14.2. The van der Waals surface area contributed by atoms with Gasteiger partial charge < -0.3 is 20.1 Å². The van der Waals surface area contributed by atoms with Crippen LogP contribution in [-0.4, -0.2) is 59.4 Å². The molecule has 3 heterocycles. The van der Waals surface area contributed by atoms with Crippen molar-refractivity contribution in [1.29, 1.82) is 0 Å². The van der Waals surface area contributed by atoms with Crippen molar-refractivity contribution in [1.82, 2.24) is 20.2 Å². The van der Waals surface area contributed by atoms with Crippen LogP contribution in [0.1, 0.15) is 22.8 Å². The minimum Gasteiger partial charge on any atom is -0.361 e. The highest BCUT2D eigenvalue weighted by atomic mass is 16.2. The monoisotopic (exact) mass is 391 g/mol. The van der Waals surface area contributed by atoms with E-state index in [9.17, 15) is 9.59 Å². The molecule has 7 nitrogen and oxygen atoms in total. The number of carbonyl (C=O) groups is 2. The second-order valence-electron chi connectivity index (χ2n) is 7.26. The largest absolute Gasteiger partial charge is 0.361 e. The first-order valence-electron chi connectivity index (χ1n) is 9.91. The Balaban J connectivity index is 1.34.